The van der Waals surface area contributed by atoms with Crippen LogP contribution in [0, 0.1) is 6.92 Å². The first kappa shape index (κ1) is 15.4. The number of carbonyl (C=O) groups excluding carboxylic acids is 1. The first-order chi connectivity index (χ1) is 10.0. The van der Waals surface area contributed by atoms with Crippen LogP contribution in [0.15, 0.2) is 30.3 Å². The van der Waals surface area contributed by atoms with Gasteiger partial charge in [-0.3, -0.25) is 0 Å². The molecule has 112 valence electrons. The smallest absolute Gasteiger partial charge is 0.341 e. The van der Waals surface area contributed by atoms with Gasteiger partial charge in [-0.2, -0.15) is 0 Å². The first-order valence-corrected chi connectivity index (χ1v) is 7.67. The van der Waals surface area contributed by atoms with Gasteiger partial charge in [0.2, 0.25) is 0 Å². The third-order valence-electron chi connectivity index (χ3n) is 3.24. The molecule has 4 nitrogen and oxygen atoms in total. The van der Waals surface area contributed by atoms with Crippen LogP contribution in [0.4, 0.5) is 10.0 Å². The van der Waals surface area contributed by atoms with Crippen LogP contribution in [0.2, 0.25) is 0 Å². The molecule has 0 bridgehead atoms. The number of anilines is 2. The van der Waals surface area contributed by atoms with Gasteiger partial charge in [0, 0.05) is 19.2 Å². The van der Waals surface area contributed by atoms with E-state index in [0.717, 1.165) is 17.1 Å². The number of thiophene rings is 1. The Labute approximate surface area is 129 Å². The Morgan fingerprint density at radius 1 is 1.33 bits per heavy atom. The molecule has 1 heterocycles. The van der Waals surface area contributed by atoms with E-state index < -0.39 is 0 Å². The molecule has 0 aliphatic rings. The highest BCUT2D eigenvalue weighted by atomic mass is 32.1. The third-order valence-corrected chi connectivity index (χ3v) is 4.47. The first-order valence-electron chi connectivity index (χ1n) is 6.85. The summed E-state index contributed by atoms with van der Waals surface area (Å²) in [6, 6.07) is 10.2. The minimum Gasteiger partial charge on any atom is -0.462 e. The van der Waals surface area contributed by atoms with Crippen LogP contribution in [0.25, 0.3) is 0 Å². The fraction of sp³-hybridized carbons (Fsp3) is 0.312. The average molecular weight is 304 g/mol. The number of ether oxygens (including phenoxy) is 1. The molecule has 2 N–H and O–H groups in total. The van der Waals surface area contributed by atoms with Gasteiger partial charge in [0.15, 0.2) is 0 Å². The van der Waals surface area contributed by atoms with E-state index in [9.17, 15) is 4.79 Å². The zero-order valence-electron chi connectivity index (χ0n) is 12.6. The van der Waals surface area contributed by atoms with Crippen LogP contribution in [-0.4, -0.2) is 19.6 Å². The van der Waals surface area contributed by atoms with Crippen LogP contribution in [0.5, 0.6) is 0 Å². The maximum Gasteiger partial charge on any atom is 0.341 e. The summed E-state index contributed by atoms with van der Waals surface area (Å²) in [4.78, 5) is 14.1. The predicted octanol–water partition coefficient (Wildman–Crippen LogP) is 3.45. The Morgan fingerprint density at radius 3 is 2.62 bits per heavy atom. The maximum atomic E-state index is 12.0. The number of benzene rings is 1. The van der Waals surface area contributed by atoms with E-state index in [1.54, 1.807) is 6.92 Å². The lowest BCUT2D eigenvalue weighted by molar-refractivity contribution is 0.0527. The van der Waals surface area contributed by atoms with Gasteiger partial charge < -0.3 is 15.4 Å². The number of nitrogen functional groups attached to an aromatic ring is 1. The van der Waals surface area contributed by atoms with Gasteiger partial charge in [0.05, 0.1) is 17.2 Å². The summed E-state index contributed by atoms with van der Waals surface area (Å²) in [7, 11) is 2.00. The Bertz CT molecular complexity index is 623. The minimum absolute atomic E-state index is 0.344. The Balaban J connectivity index is 2.24. The van der Waals surface area contributed by atoms with E-state index in [1.807, 2.05) is 32.2 Å². The number of rotatable bonds is 5. The summed E-state index contributed by atoms with van der Waals surface area (Å²) in [6.07, 6.45) is 0. The van der Waals surface area contributed by atoms with Crippen molar-refractivity contribution in [2.45, 2.75) is 20.4 Å². The van der Waals surface area contributed by atoms with Gasteiger partial charge in [-0.05, 0) is 19.4 Å². The molecular formula is C16H20N2O2S. The number of hydrogen-bond acceptors (Lipinski definition) is 5. The lowest BCUT2D eigenvalue weighted by Crippen LogP contribution is -2.16. The average Bonchev–Trinajstić information content (AvgIpc) is 2.75. The van der Waals surface area contributed by atoms with E-state index >= 15 is 0 Å². The molecule has 0 amide bonds. The molecular weight excluding hydrogens is 284 g/mol. The second-order valence-electron chi connectivity index (χ2n) is 4.83. The van der Waals surface area contributed by atoms with E-state index in [4.69, 9.17) is 10.5 Å². The van der Waals surface area contributed by atoms with Crippen LogP contribution < -0.4 is 10.6 Å². The van der Waals surface area contributed by atoms with Crippen molar-refractivity contribution < 1.29 is 9.53 Å². The van der Waals surface area contributed by atoms with Crippen molar-refractivity contribution in [3.63, 3.8) is 0 Å². The van der Waals surface area contributed by atoms with Crippen molar-refractivity contribution >= 4 is 27.3 Å². The molecule has 21 heavy (non-hydrogen) atoms. The second kappa shape index (κ2) is 6.63. The molecule has 0 aliphatic heterocycles. The largest absolute Gasteiger partial charge is 0.462 e. The summed E-state index contributed by atoms with van der Waals surface area (Å²) in [5.41, 5.74) is 8.59. The monoisotopic (exact) mass is 304 g/mol. The zero-order valence-corrected chi connectivity index (χ0v) is 13.4. The summed E-state index contributed by atoms with van der Waals surface area (Å²) < 4.78 is 5.07. The zero-order chi connectivity index (χ0) is 15.4. The van der Waals surface area contributed by atoms with E-state index in [-0.39, 0.29) is 5.97 Å². The van der Waals surface area contributed by atoms with Crippen molar-refractivity contribution in [2.75, 3.05) is 24.3 Å². The minimum atomic E-state index is -0.344. The molecule has 0 aliphatic carbocycles. The Hall–Kier alpha value is -2.01. The predicted molar refractivity (Wildman–Crippen MR) is 88.0 cm³/mol. The third kappa shape index (κ3) is 3.36. The molecule has 2 aromatic rings. The van der Waals surface area contributed by atoms with Gasteiger partial charge in [0.1, 0.15) is 5.00 Å². The standard InChI is InChI=1S/C16H20N2O2S/c1-4-20-16(19)13-11(2)15(21-14(13)17)18(3)10-12-8-6-5-7-9-12/h5-9H,4,10,17H2,1-3H3. The highest BCUT2D eigenvalue weighted by Crippen LogP contribution is 2.38. The number of nitrogens with zero attached hydrogens (tertiary/aromatic N) is 1. The maximum absolute atomic E-state index is 12.0. The van der Waals surface area contributed by atoms with E-state index in [2.05, 4.69) is 17.0 Å². The van der Waals surface area contributed by atoms with E-state index in [0.29, 0.717) is 17.2 Å². The lowest BCUT2D eigenvalue weighted by Gasteiger charge is -2.18. The number of esters is 1. The molecule has 0 radical (unpaired) electrons. The number of nitrogens with two attached hydrogens (primary N) is 1. The number of carbonyl (C=O) groups is 1. The van der Waals surface area contributed by atoms with Crippen molar-refractivity contribution in [1.82, 2.24) is 0 Å². The molecule has 0 atom stereocenters. The summed E-state index contributed by atoms with van der Waals surface area (Å²) in [6.45, 7) is 4.82. The quantitative estimate of drug-likeness (QED) is 0.860. The van der Waals surface area contributed by atoms with Gasteiger partial charge in [-0.1, -0.05) is 30.3 Å². The SMILES string of the molecule is CCOC(=O)c1c(N)sc(N(C)Cc2ccccc2)c1C. The second-order valence-corrected chi connectivity index (χ2v) is 5.86. The summed E-state index contributed by atoms with van der Waals surface area (Å²) in [5, 5.41) is 1.51. The van der Waals surface area contributed by atoms with Crippen LogP contribution >= 0.6 is 11.3 Å². The molecule has 0 fully saturated rings. The molecule has 0 saturated carbocycles. The normalized spacial score (nSPS) is 10.4. The van der Waals surface area contributed by atoms with Crippen LogP contribution in [-0.2, 0) is 11.3 Å². The molecule has 1 aromatic heterocycles. The van der Waals surface area contributed by atoms with Gasteiger partial charge in [0.25, 0.3) is 0 Å². The fourth-order valence-electron chi connectivity index (χ4n) is 2.27. The Kier molecular flexibility index (Phi) is 4.85. The Morgan fingerprint density at radius 2 is 2.00 bits per heavy atom. The highest BCUT2D eigenvalue weighted by Gasteiger charge is 2.22. The summed E-state index contributed by atoms with van der Waals surface area (Å²) in [5.74, 6) is -0.344. The molecule has 2 rings (SSSR count). The van der Waals surface area contributed by atoms with Crippen molar-refractivity contribution in [3.05, 3.63) is 47.0 Å². The summed E-state index contributed by atoms with van der Waals surface area (Å²) >= 11 is 1.43. The molecule has 0 saturated heterocycles. The molecule has 5 heteroatoms. The van der Waals surface area contributed by atoms with Gasteiger partial charge in [-0.15, -0.1) is 11.3 Å². The molecule has 0 unspecified atom stereocenters. The van der Waals surface area contributed by atoms with Crippen molar-refractivity contribution in [2.24, 2.45) is 0 Å². The highest BCUT2D eigenvalue weighted by molar-refractivity contribution is 7.20. The van der Waals surface area contributed by atoms with Crippen molar-refractivity contribution in [1.29, 1.82) is 0 Å². The lowest BCUT2D eigenvalue weighted by atomic mass is 10.1. The van der Waals surface area contributed by atoms with Crippen LogP contribution in [0.3, 0.4) is 0 Å². The molecule has 0 spiro atoms. The van der Waals surface area contributed by atoms with Gasteiger partial charge >= 0.3 is 5.97 Å². The van der Waals surface area contributed by atoms with Gasteiger partial charge in [-0.25, -0.2) is 4.79 Å². The van der Waals surface area contributed by atoms with Crippen LogP contribution in [0.1, 0.15) is 28.4 Å². The van der Waals surface area contributed by atoms with E-state index in [1.165, 1.54) is 16.9 Å². The molecule has 1 aromatic carbocycles. The fourth-order valence-corrected chi connectivity index (χ4v) is 3.30. The topological polar surface area (TPSA) is 55.6 Å². The number of hydrogen-bond donors (Lipinski definition) is 1. The van der Waals surface area contributed by atoms with Crippen molar-refractivity contribution in [3.8, 4) is 0 Å².